The van der Waals surface area contributed by atoms with Crippen molar-refractivity contribution < 1.29 is 4.79 Å². The predicted octanol–water partition coefficient (Wildman–Crippen LogP) is 2.86. The highest BCUT2D eigenvalue weighted by molar-refractivity contribution is 5.79. The van der Waals surface area contributed by atoms with Crippen LogP contribution in [0.5, 0.6) is 0 Å². The number of nitrogens with zero attached hydrogens (tertiary/aromatic N) is 5. The number of fused-ring (bicyclic) bond motifs is 1. The van der Waals surface area contributed by atoms with Gasteiger partial charge < -0.3 is 14.8 Å². The zero-order valence-corrected chi connectivity index (χ0v) is 17.7. The largest absolute Gasteiger partial charge is 0.355 e. The maximum absolute atomic E-state index is 12.8. The number of benzene rings is 1. The van der Waals surface area contributed by atoms with Crippen LogP contribution in [0.25, 0.3) is 11.4 Å². The van der Waals surface area contributed by atoms with Gasteiger partial charge in [-0.2, -0.15) is 0 Å². The van der Waals surface area contributed by atoms with Gasteiger partial charge in [0, 0.05) is 55.4 Å². The molecule has 0 unspecified atom stereocenters. The Kier molecular flexibility index (Phi) is 5.65. The number of aryl methyl sites for hydroxylation is 1. The van der Waals surface area contributed by atoms with Crippen molar-refractivity contribution in [2.45, 2.75) is 38.6 Å². The van der Waals surface area contributed by atoms with Gasteiger partial charge in [-0.1, -0.05) is 30.3 Å². The number of hydrogen-bond donors (Lipinski definition) is 1. The maximum Gasteiger partial charge on any atom is 0.224 e. The van der Waals surface area contributed by atoms with E-state index >= 15 is 0 Å². The second-order valence-electron chi connectivity index (χ2n) is 8.39. The fraction of sp³-hybridized carbons (Fsp3) is 0.417. The highest BCUT2D eigenvalue weighted by atomic mass is 16.1. The molecule has 160 valence electrons. The van der Waals surface area contributed by atoms with Crippen molar-refractivity contribution in [1.29, 1.82) is 0 Å². The molecule has 1 fully saturated rings. The van der Waals surface area contributed by atoms with E-state index in [1.807, 2.05) is 29.0 Å². The fourth-order valence-corrected chi connectivity index (χ4v) is 4.65. The van der Waals surface area contributed by atoms with Crippen molar-refractivity contribution in [3.05, 3.63) is 60.3 Å². The molecule has 31 heavy (non-hydrogen) atoms. The van der Waals surface area contributed by atoms with Crippen molar-refractivity contribution in [1.82, 2.24) is 24.8 Å². The van der Waals surface area contributed by atoms with Crippen LogP contribution in [0.1, 0.15) is 30.5 Å². The molecule has 1 aliphatic heterocycles. The molecule has 7 heteroatoms. The summed E-state index contributed by atoms with van der Waals surface area (Å²) in [6, 6.07) is 10.2. The Morgan fingerprint density at radius 2 is 2.03 bits per heavy atom. The molecule has 0 saturated carbocycles. The molecule has 1 N–H and O–H groups in total. The van der Waals surface area contributed by atoms with Gasteiger partial charge >= 0.3 is 0 Å². The number of imidazole rings is 1. The Bertz CT molecular complexity index is 1030. The van der Waals surface area contributed by atoms with Crippen LogP contribution < -0.4 is 10.2 Å². The van der Waals surface area contributed by atoms with Crippen molar-refractivity contribution in [2.24, 2.45) is 5.92 Å². The molecule has 7 nitrogen and oxygen atoms in total. The number of nitrogens with one attached hydrogen (secondary N) is 1. The Balaban J connectivity index is 1.31. The first-order chi connectivity index (χ1) is 15.3. The Labute approximate surface area is 182 Å². The molecular formula is C24H28N6O. The third-order valence-corrected chi connectivity index (χ3v) is 6.26. The summed E-state index contributed by atoms with van der Waals surface area (Å²) in [6.45, 7) is 3.01. The van der Waals surface area contributed by atoms with E-state index in [2.05, 4.69) is 27.3 Å². The number of amides is 1. The fourth-order valence-electron chi connectivity index (χ4n) is 4.65. The molecule has 5 rings (SSSR count). The highest BCUT2D eigenvalue weighted by Crippen LogP contribution is 2.33. The molecule has 1 amide bonds. The third kappa shape index (κ3) is 4.31. The first-order valence-electron chi connectivity index (χ1n) is 11.2. The third-order valence-electron chi connectivity index (χ3n) is 6.26. The number of piperidine rings is 1. The van der Waals surface area contributed by atoms with Crippen molar-refractivity contribution in [3.63, 3.8) is 0 Å². The summed E-state index contributed by atoms with van der Waals surface area (Å²) in [6.07, 6.45) is 10.5. The number of aromatic nitrogens is 4. The zero-order valence-electron chi connectivity index (χ0n) is 17.7. The molecule has 1 saturated heterocycles. The minimum Gasteiger partial charge on any atom is -0.355 e. The lowest BCUT2D eigenvalue weighted by Gasteiger charge is -2.34. The van der Waals surface area contributed by atoms with Crippen LogP contribution in [0.2, 0.25) is 0 Å². The van der Waals surface area contributed by atoms with Gasteiger partial charge in [-0.3, -0.25) is 4.79 Å². The highest BCUT2D eigenvalue weighted by Gasteiger charge is 2.30. The van der Waals surface area contributed by atoms with Crippen molar-refractivity contribution in [3.8, 4) is 11.4 Å². The summed E-state index contributed by atoms with van der Waals surface area (Å²) in [7, 11) is 0. The molecule has 2 aromatic heterocycles. The molecule has 3 heterocycles. The van der Waals surface area contributed by atoms with Crippen LogP contribution in [0.3, 0.4) is 0 Å². The van der Waals surface area contributed by atoms with Gasteiger partial charge in [0.05, 0.1) is 12.2 Å². The molecular weight excluding hydrogens is 388 g/mol. The molecule has 0 bridgehead atoms. The zero-order chi connectivity index (χ0) is 21.0. The standard InChI is InChI=1S/C24H28N6O/c31-24(26-12-15-29-14-11-25-17-29)19-8-5-13-30(16-19)23-20-9-4-10-21(20)27-22(28-23)18-6-2-1-3-7-18/h1-3,6-7,11,14,17,19H,4-5,8-10,12-13,15-16H2,(H,26,31)/t19-/m0/s1. The van der Waals surface area contributed by atoms with Crippen LogP contribution in [0, 0.1) is 5.92 Å². The number of carbonyl (C=O) groups excluding carboxylic acids is 1. The van der Waals surface area contributed by atoms with Crippen LogP contribution in [0.4, 0.5) is 5.82 Å². The Hall–Kier alpha value is -3.22. The lowest BCUT2D eigenvalue weighted by Crippen LogP contribution is -2.44. The van der Waals surface area contributed by atoms with E-state index in [0.717, 1.165) is 62.4 Å². The summed E-state index contributed by atoms with van der Waals surface area (Å²) < 4.78 is 1.97. The lowest BCUT2D eigenvalue weighted by molar-refractivity contribution is -0.125. The van der Waals surface area contributed by atoms with Crippen molar-refractivity contribution in [2.75, 3.05) is 24.5 Å². The smallest absolute Gasteiger partial charge is 0.224 e. The summed E-state index contributed by atoms with van der Waals surface area (Å²) in [4.78, 5) is 29.1. The van der Waals surface area contributed by atoms with Gasteiger partial charge in [-0.15, -0.1) is 0 Å². The average molecular weight is 417 g/mol. The summed E-state index contributed by atoms with van der Waals surface area (Å²) >= 11 is 0. The Morgan fingerprint density at radius 3 is 2.87 bits per heavy atom. The number of hydrogen-bond acceptors (Lipinski definition) is 5. The Morgan fingerprint density at radius 1 is 1.13 bits per heavy atom. The van der Waals surface area contributed by atoms with Crippen LogP contribution >= 0.6 is 0 Å². The number of rotatable bonds is 6. The van der Waals surface area contributed by atoms with Gasteiger partial charge in [0.1, 0.15) is 5.82 Å². The summed E-state index contributed by atoms with van der Waals surface area (Å²) in [5.74, 6) is 1.96. The van der Waals surface area contributed by atoms with Gasteiger partial charge in [-0.25, -0.2) is 15.0 Å². The van der Waals surface area contributed by atoms with Crippen molar-refractivity contribution >= 4 is 11.7 Å². The maximum atomic E-state index is 12.8. The normalized spacial score (nSPS) is 18.1. The lowest BCUT2D eigenvalue weighted by atomic mass is 9.96. The monoisotopic (exact) mass is 416 g/mol. The molecule has 2 aliphatic rings. The SMILES string of the molecule is O=C(NCCn1ccnc1)[C@H]1CCCN(c2nc(-c3ccccc3)nc3c2CCC3)C1. The van der Waals surface area contributed by atoms with E-state index in [1.165, 1.54) is 11.3 Å². The minimum absolute atomic E-state index is 0.0104. The molecule has 3 aromatic rings. The second kappa shape index (κ2) is 8.88. The van der Waals surface area contributed by atoms with Gasteiger partial charge in [0.25, 0.3) is 0 Å². The summed E-state index contributed by atoms with van der Waals surface area (Å²) in [5, 5.41) is 3.11. The molecule has 1 aliphatic carbocycles. The number of carbonyl (C=O) groups is 1. The first-order valence-corrected chi connectivity index (χ1v) is 11.2. The van der Waals surface area contributed by atoms with E-state index in [4.69, 9.17) is 9.97 Å². The molecule has 0 radical (unpaired) electrons. The minimum atomic E-state index is -0.0104. The van der Waals surface area contributed by atoms with Gasteiger partial charge in [0.2, 0.25) is 5.91 Å². The topological polar surface area (TPSA) is 75.9 Å². The van der Waals surface area contributed by atoms with E-state index in [1.54, 1.807) is 12.5 Å². The molecule has 1 aromatic carbocycles. The van der Waals surface area contributed by atoms with E-state index in [-0.39, 0.29) is 11.8 Å². The molecule has 0 spiro atoms. The predicted molar refractivity (Wildman–Crippen MR) is 120 cm³/mol. The van der Waals surface area contributed by atoms with Crippen LogP contribution in [0.15, 0.2) is 49.1 Å². The van der Waals surface area contributed by atoms with Gasteiger partial charge in [-0.05, 0) is 32.1 Å². The average Bonchev–Trinajstić information content (AvgIpc) is 3.51. The first kappa shape index (κ1) is 19.7. The van der Waals surface area contributed by atoms with E-state index in [0.29, 0.717) is 13.1 Å². The van der Waals surface area contributed by atoms with Gasteiger partial charge in [0.15, 0.2) is 5.82 Å². The van der Waals surface area contributed by atoms with Crippen LogP contribution in [-0.4, -0.2) is 45.1 Å². The number of anilines is 1. The molecule has 1 atom stereocenters. The summed E-state index contributed by atoms with van der Waals surface area (Å²) in [5.41, 5.74) is 3.50. The van der Waals surface area contributed by atoms with E-state index in [9.17, 15) is 4.79 Å². The van der Waals surface area contributed by atoms with Crippen LogP contribution in [-0.2, 0) is 24.2 Å². The second-order valence-corrected chi connectivity index (χ2v) is 8.39. The quantitative estimate of drug-likeness (QED) is 0.669. The van der Waals surface area contributed by atoms with E-state index < -0.39 is 0 Å².